The number of aromatic amines is 1. The van der Waals surface area contributed by atoms with Crippen molar-refractivity contribution < 1.29 is 4.79 Å². The molecule has 9 heteroatoms. The molecule has 0 saturated heterocycles. The van der Waals surface area contributed by atoms with Gasteiger partial charge in [-0.15, -0.1) is 0 Å². The first-order chi connectivity index (χ1) is 14.8. The molecule has 0 aliphatic carbocycles. The molecule has 158 valence electrons. The van der Waals surface area contributed by atoms with Gasteiger partial charge in [0.05, 0.1) is 11.4 Å². The van der Waals surface area contributed by atoms with Crippen molar-refractivity contribution in [1.82, 2.24) is 14.5 Å². The van der Waals surface area contributed by atoms with Crippen LogP contribution in [0.25, 0.3) is 16.0 Å². The van der Waals surface area contributed by atoms with Crippen LogP contribution in [0.4, 0.5) is 5.69 Å². The third kappa shape index (κ3) is 4.34. The lowest BCUT2D eigenvalue weighted by Crippen LogP contribution is -2.17. The maximum absolute atomic E-state index is 12.6. The highest BCUT2D eigenvalue weighted by Gasteiger charge is 2.16. The number of H-pyrrole nitrogens is 1. The number of para-hydroxylation sites is 2. The van der Waals surface area contributed by atoms with Gasteiger partial charge < -0.3 is 10.3 Å². The molecule has 2 N–H and O–H groups in total. The number of aryl methyl sites for hydroxylation is 3. The van der Waals surface area contributed by atoms with Crippen LogP contribution in [0.15, 0.2) is 52.4 Å². The summed E-state index contributed by atoms with van der Waals surface area (Å²) < 4.78 is 2.84. The van der Waals surface area contributed by atoms with Crippen LogP contribution >= 0.6 is 35.3 Å². The highest BCUT2D eigenvalue weighted by molar-refractivity contribution is 7.99. The smallest absolute Gasteiger partial charge is 0.271 e. The molecule has 31 heavy (non-hydrogen) atoms. The molecule has 0 radical (unpaired) electrons. The number of aromatic nitrogens is 3. The summed E-state index contributed by atoms with van der Waals surface area (Å²) in [6.45, 7) is 5.90. The van der Waals surface area contributed by atoms with E-state index in [0.717, 1.165) is 28.1 Å². The van der Waals surface area contributed by atoms with E-state index in [1.807, 2.05) is 67.8 Å². The van der Waals surface area contributed by atoms with Crippen LogP contribution in [0.1, 0.15) is 16.7 Å². The minimum Gasteiger partial charge on any atom is -0.325 e. The number of thioether (sulfide) groups is 1. The molecule has 0 atom stereocenters. The number of anilines is 1. The van der Waals surface area contributed by atoms with E-state index in [1.165, 1.54) is 23.1 Å². The van der Waals surface area contributed by atoms with Gasteiger partial charge in [-0.25, -0.2) is 4.98 Å². The van der Waals surface area contributed by atoms with Crippen LogP contribution in [0, 0.1) is 24.7 Å². The van der Waals surface area contributed by atoms with Gasteiger partial charge in [-0.2, -0.15) is 0 Å². The number of thiazole rings is 1. The van der Waals surface area contributed by atoms with Crippen molar-refractivity contribution in [2.24, 2.45) is 0 Å². The van der Waals surface area contributed by atoms with Crippen LogP contribution in [-0.2, 0) is 4.79 Å². The minimum atomic E-state index is -0.258. The number of nitrogens with zero attached hydrogens (tertiary/aromatic N) is 2. The average molecular weight is 469 g/mol. The van der Waals surface area contributed by atoms with Crippen LogP contribution < -0.4 is 10.9 Å². The first kappa shape index (κ1) is 21.5. The number of carbonyl (C=O) groups excluding carboxylic acids is 1. The molecular formula is C22H20N4O2S3. The summed E-state index contributed by atoms with van der Waals surface area (Å²) in [5, 5.41) is 3.33. The molecule has 0 saturated carbocycles. The van der Waals surface area contributed by atoms with Crippen LogP contribution in [0.2, 0.25) is 0 Å². The van der Waals surface area contributed by atoms with Gasteiger partial charge in [0.1, 0.15) is 4.70 Å². The quantitative estimate of drug-likeness (QED) is 0.240. The van der Waals surface area contributed by atoms with Gasteiger partial charge in [0.2, 0.25) is 5.91 Å². The van der Waals surface area contributed by atoms with Gasteiger partial charge >= 0.3 is 0 Å². The number of hydrogen-bond acceptors (Lipinski definition) is 6. The number of benzene rings is 2. The zero-order valence-corrected chi connectivity index (χ0v) is 19.6. The molecule has 1 amide bonds. The molecule has 0 unspecified atom stereocenters. The van der Waals surface area contributed by atoms with E-state index in [9.17, 15) is 9.59 Å². The number of nitrogens with one attached hydrogen (secondary N) is 2. The fraction of sp³-hybridized carbons (Fsp3) is 0.182. The number of carbonyl (C=O) groups is 1. The second kappa shape index (κ2) is 8.78. The van der Waals surface area contributed by atoms with Gasteiger partial charge in [0.15, 0.2) is 14.8 Å². The molecular weight excluding hydrogens is 448 g/mol. The third-order valence-corrected chi connectivity index (χ3v) is 7.10. The second-order valence-corrected chi connectivity index (χ2v) is 9.73. The van der Waals surface area contributed by atoms with Crippen LogP contribution in [0.3, 0.4) is 0 Å². The molecule has 4 rings (SSSR count). The van der Waals surface area contributed by atoms with Crippen molar-refractivity contribution >= 4 is 57.3 Å². The lowest BCUT2D eigenvalue weighted by Gasteiger charge is -2.11. The Morgan fingerprint density at radius 2 is 1.81 bits per heavy atom. The van der Waals surface area contributed by atoms with Crippen molar-refractivity contribution in [3.63, 3.8) is 0 Å². The SMILES string of the molecule is Cc1ccccc1-n1c(=S)sc2c(=O)[nH]c(SCC(=O)Nc3c(C)cccc3C)nc21. The molecule has 0 aliphatic rings. The van der Waals surface area contributed by atoms with Crippen LogP contribution in [-0.4, -0.2) is 26.2 Å². The Labute approximate surface area is 192 Å². The number of amides is 1. The lowest BCUT2D eigenvalue weighted by molar-refractivity contribution is -0.113. The van der Waals surface area contributed by atoms with Gasteiger partial charge in [-0.3, -0.25) is 14.2 Å². The molecule has 6 nitrogen and oxygen atoms in total. The summed E-state index contributed by atoms with van der Waals surface area (Å²) in [5.74, 6) is -0.0384. The average Bonchev–Trinajstić information content (AvgIpc) is 3.06. The monoisotopic (exact) mass is 468 g/mol. The topological polar surface area (TPSA) is 79.8 Å². The normalized spacial score (nSPS) is 11.1. The van der Waals surface area contributed by atoms with E-state index in [1.54, 1.807) is 0 Å². The predicted molar refractivity (Wildman–Crippen MR) is 130 cm³/mol. The Kier molecular flexibility index (Phi) is 6.08. The zero-order valence-electron chi connectivity index (χ0n) is 17.2. The number of rotatable bonds is 5. The van der Waals surface area contributed by atoms with Crippen molar-refractivity contribution in [1.29, 1.82) is 0 Å². The summed E-state index contributed by atoms with van der Waals surface area (Å²) in [6.07, 6.45) is 0. The molecule has 2 aromatic heterocycles. The molecule has 0 bridgehead atoms. The number of fused-ring (bicyclic) bond motifs is 1. The molecule has 0 aliphatic heterocycles. The van der Waals surface area contributed by atoms with Crippen molar-refractivity contribution in [2.75, 3.05) is 11.1 Å². The van der Waals surface area contributed by atoms with E-state index >= 15 is 0 Å². The maximum atomic E-state index is 12.6. The molecule has 0 spiro atoms. The molecule has 0 fully saturated rings. The zero-order chi connectivity index (χ0) is 22.1. The van der Waals surface area contributed by atoms with E-state index in [0.29, 0.717) is 19.5 Å². The Bertz CT molecular complexity index is 1400. The van der Waals surface area contributed by atoms with E-state index in [4.69, 9.17) is 12.2 Å². The summed E-state index contributed by atoms with van der Waals surface area (Å²) in [4.78, 5) is 32.5. The van der Waals surface area contributed by atoms with Gasteiger partial charge in [-0.1, -0.05) is 59.5 Å². The van der Waals surface area contributed by atoms with Crippen molar-refractivity contribution in [3.05, 3.63) is 73.5 Å². The fourth-order valence-electron chi connectivity index (χ4n) is 3.31. The highest BCUT2D eigenvalue weighted by atomic mass is 32.2. The summed E-state index contributed by atoms with van der Waals surface area (Å²) in [6, 6.07) is 13.7. The first-order valence-corrected chi connectivity index (χ1v) is 11.8. The Balaban J connectivity index is 1.63. The molecule has 2 aromatic carbocycles. The van der Waals surface area contributed by atoms with Gasteiger partial charge in [0, 0.05) is 5.69 Å². The fourth-order valence-corrected chi connectivity index (χ4v) is 5.22. The summed E-state index contributed by atoms with van der Waals surface area (Å²) in [5.41, 5.74) is 4.99. The molecule has 2 heterocycles. The van der Waals surface area contributed by atoms with Gasteiger partial charge in [-0.05, 0) is 55.7 Å². The molecule has 4 aromatic rings. The van der Waals surface area contributed by atoms with E-state index in [-0.39, 0.29) is 17.2 Å². The Morgan fingerprint density at radius 1 is 1.13 bits per heavy atom. The van der Waals surface area contributed by atoms with Crippen molar-refractivity contribution in [3.8, 4) is 5.69 Å². The third-order valence-electron chi connectivity index (χ3n) is 4.86. The van der Waals surface area contributed by atoms with E-state index in [2.05, 4.69) is 15.3 Å². The van der Waals surface area contributed by atoms with Crippen molar-refractivity contribution in [2.45, 2.75) is 25.9 Å². The van der Waals surface area contributed by atoms with Crippen LogP contribution in [0.5, 0.6) is 0 Å². The Morgan fingerprint density at radius 3 is 2.52 bits per heavy atom. The second-order valence-electron chi connectivity index (χ2n) is 7.12. The standard InChI is InChI=1S/C22H20N4O2S3/c1-12-7-4-5-10-15(12)26-19-18(31-22(26)29)20(28)25-21(24-19)30-11-16(27)23-17-13(2)8-6-9-14(17)3/h4-10H,11H2,1-3H3,(H,23,27)(H,24,25,28). The minimum absolute atomic E-state index is 0.122. The highest BCUT2D eigenvalue weighted by Crippen LogP contribution is 2.26. The predicted octanol–water partition coefficient (Wildman–Crippen LogP) is 5.16. The number of hydrogen-bond donors (Lipinski definition) is 2. The summed E-state index contributed by atoms with van der Waals surface area (Å²) in [7, 11) is 0. The maximum Gasteiger partial charge on any atom is 0.271 e. The first-order valence-electron chi connectivity index (χ1n) is 9.56. The lowest BCUT2D eigenvalue weighted by atomic mass is 10.1. The summed E-state index contributed by atoms with van der Waals surface area (Å²) >= 11 is 7.93. The van der Waals surface area contributed by atoms with Gasteiger partial charge in [0.25, 0.3) is 5.56 Å². The van der Waals surface area contributed by atoms with E-state index < -0.39 is 0 Å². The Hall–Kier alpha value is -2.75. The largest absolute Gasteiger partial charge is 0.325 e.